The van der Waals surface area contributed by atoms with E-state index in [-0.39, 0.29) is 21.1 Å². The van der Waals surface area contributed by atoms with Crippen LogP contribution in [0.5, 0.6) is 0 Å². The van der Waals surface area contributed by atoms with Crippen LogP contribution < -0.4 is 0 Å². The third kappa shape index (κ3) is 2.57. The summed E-state index contributed by atoms with van der Waals surface area (Å²) in [6.07, 6.45) is 0.802. The van der Waals surface area contributed by atoms with Crippen LogP contribution >= 0.6 is 0 Å². The molecule has 46 valence electrons. The van der Waals surface area contributed by atoms with Crippen molar-refractivity contribution in [2.24, 2.45) is 0 Å². The Labute approximate surface area is 68.3 Å². The summed E-state index contributed by atoms with van der Waals surface area (Å²) in [7, 11) is 0. The Bertz CT molecular complexity index is 172. The van der Waals surface area contributed by atoms with Gasteiger partial charge in [-0.05, 0) is 0 Å². The molecule has 0 aliphatic heterocycles. The summed E-state index contributed by atoms with van der Waals surface area (Å²) in [4.78, 5) is 9.99. The minimum atomic E-state index is 0. The van der Waals surface area contributed by atoms with Gasteiger partial charge in [-0.15, -0.1) is 0 Å². The average Bonchev–Trinajstić information content (AvgIpc) is 1.90. The molecule has 1 aromatic carbocycles. The third-order valence-corrected chi connectivity index (χ3v) is 0.867. The van der Waals surface area contributed by atoms with E-state index in [2.05, 4.69) is 6.07 Å². The number of aldehydes is 1. The van der Waals surface area contributed by atoms with Gasteiger partial charge in [0.05, 0.1) is 6.29 Å². The van der Waals surface area contributed by atoms with Crippen molar-refractivity contribution in [2.45, 2.75) is 0 Å². The second kappa shape index (κ2) is 4.46. The molecule has 0 amide bonds. The molecule has 0 aliphatic carbocycles. The largest absolute Gasteiger partial charge is 0.312 e. The second-order valence-corrected chi connectivity index (χ2v) is 1.45. The first-order valence-electron chi connectivity index (χ1n) is 2.35. The average molecular weight is 289 g/mol. The summed E-state index contributed by atoms with van der Waals surface area (Å²) in [5, 5.41) is 0. The minimum Gasteiger partial charge on any atom is -0.312 e. The monoisotopic (exact) mass is 289 g/mol. The normalized spacial score (nSPS) is 7.56. The number of hydrogen-bond acceptors (Lipinski definition) is 1. The molecule has 0 atom stereocenters. The van der Waals surface area contributed by atoms with E-state index >= 15 is 0 Å². The summed E-state index contributed by atoms with van der Waals surface area (Å²) in [5.74, 6) is 0. The summed E-state index contributed by atoms with van der Waals surface area (Å²) < 4.78 is 0. The molecule has 1 nitrogen and oxygen atoms in total. The first-order chi connectivity index (χ1) is 3.93. The molecule has 2 heteroatoms. The van der Waals surface area contributed by atoms with Gasteiger partial charge in [-0.25, -0.2) is 0 Å². The third-order valence-electron chi connectivity index (χ3n) is 0.867. The smallest absolute Gasteiger partial charge is 0.0950 e. The Morgan fingerprint density at radius 3 is 2.67 bits per heavy atom. The van der Waals surface area contributed by atoms with E-state index in [9.17, 15) is 4.79 Å². The maximum Gasteiger partial charge on any atom is 0.0950 e. The van der Waals surface area contributed by atoms with E-state index in [1.54, 1.807) is 24.3 Å². The molecule has 0 bridgehead atoms. The van der Waals surface area contributed by atoms with Crippen LogP contribution in [0.1, 0.15) is 10.4 Å². The molecule has 0 aliphatic rings. The van der Waals surface area contributed by atoms with Gasteiger partial charge in [-0.3, -0.25) is 0 Å². The Kier molecular flexibility index (Phi) is 4.25. The van der Waals surface area contributed by atoms with Crippen LogP contribution in [0.3, 0.4) is 0 Å². The zero-order chi connectivity index (χ0) is 5.82. The van der Waals surface area contributed by atoms with Crippen LogP contribution in [-0.4, -0.2) is 6.29 Å². The van der Waals surface area contributed by atoms with Gasteiger partial charge < -0.3 is 4.79 Å². The summed E-state index contributed by atoms with van der Waals surface area (Å²) in [5.41, 5.74) is 0.674. The van der Waals surface area contributed by atoms with Crippen molar-refractivity contribution >= 4 is 6.29 Å². The summed E-state index contributed by atoms with van der Waals surface area (Å²) in [6.45, 7) is 0. The Morgan fingerprint density at radius 2 is 2.33 bits per heavy atom. The number of carbonyl (C=O) groups excluding carboxylic acids is 1. The first kappa shape index (κ1) is 8.58. The molecule has 0 aromatic heterocycles. The molecule has 0 N–H and O–H groups in total. The quantitative estimate of drug-likeness (QED) is 0.562. The van der Waals surface area contributed by atoms with Gasteiger partial charge in [0.1, 0.15) is 0 Å². The molecule has 0 saturated heterocycles. The van der Waals surface area contributed by atoms with Gasteiger partial charge in [-0.1, -0.05) is 5.56 Å². The van der Waals surface area contributed by atoms with Crippen LogP contribution in [0.25, 0.3) is 0 Å². The van der Waals surface area contributed by atoms with Crippen molar-refractivity contribution in [1.82, 2.24) is 0 Å². The minimum absolute atomic E-state index is 0. The van der Waals surface area contributed by atoms with E-state index in [0.717, 1.165) is 6.29 Å². The van der Waals surface area contributed by atoms with Crippen molar-refractivity contribution in [1.29, 1.82) is 0 Å². The summed E-state index contributed by atoms with van der Waals surface area (Å²) in [6, 6.07) is 9.70. The predicted octanol–water partition coefficient (Wildman–Crippen LogP) is 1.30. The van der Waals surface area contributed by atoms with Crippen LogP contribution in [0.2, 0.25) is 0 Å². The topological polar surface area (TPSA) is 17.1 Å². The van der Waals surface area contributed by atoms with Gasteiger partial charge in [0.15, 0.2) is 0 Å². The van der Waals surface area contributed by atoms with Crippen molar-refractivity contribution in [3.8, 4) is 0 Å². The van der Waals surface area contributed by atoms with Crippen LogP contribution in [0.4, 0.5) is 0 Å². The molecule has 0 spiro atoms. The molecular formula is C7H5OW-. The molecule has 1 rings (SSSR count). The van der Waals surface area contributed by atoms with E-state index < -0.39 is 0 Å². The van der Waals surface area contributed by atoms with Crippen molar-refractivity contribution in [3.63, 3.8) is 0 Å². The zero-order valence-electron chi connectivity index (χ0n) is 4.70. The van der Waals surface area contributed by atoms with E-state index in [0.29, 0.717) is 5.56 Å². The van der Waals surface area contributed by atoms with E-state index in [1.165, 1.54) is 0 Å². The molecule has 0 heterocycles. The molecule has 0 fully saturated rings. The standard InChI is InChI=1S/C7H5O.W/c8-6-7-4-2-1-3-5-7;/h1-2,4-6H;/q-1;. The van der Waals surface area contributed by atoms with Gasteiger partial charge in [0, 0.05) is 21.1 Å². The van der Waals surface area contributed by atoms with Gasteiger partial charge in [0.2, 0.25) is 0 Å². The maximum atomic E-state index is 9.99. The molecular weight excluding hydrogens is 284 g/mol. The second-order valence-electron chi connectivity index (χ2n) is 1.45. The van der Waals surface area contributed by atoms with Gasteiger partial charge in [0.25, 0.3) is 0 Å². The predicted molar refractivity (Wildman–Crippen MR) is 30.7 cm³/mol. The fraction of sp³-hybridized carbons (Fsp3) is 0. The SMILES string of the molecule is O=Cc1c[c-]ccc1.[W]. The maximum absolute atomic E-state index is 9.99. The molecule has 0 unspecified atom stereocenters. The van der Waals surface area contributed by atoms with Crippen LogP contribution in [0, 0.1) is 6.07 Å². The van der Waals surface area contributed by atoms with Gasteiger partial charge in [-0.2, -0.15) is 30.3 Å². The van der Waals surface area contributed by atoms with E-state index in [1.807, 2.05) is 0 Å². The number of rotatable bonds is 1. The number of hydrogen-bond donors (Lipinski definition) is 0. The molecule has 9 heavy (non-hydrogen) atoms. The van der Waals surface area contributed by atoms with Crippen LogP contribution in [0.15, 0.2) is 24.3 Å². The summed E-state index contributed by atoms with van der Waals surface area (Å²) >= 11 is 0. The number of benzene rings is 1. The van der Waals surface area contributed by atoms with E-state index in [4.69, 9.17) is 0 Å². The molecule has 0 radical (unpaired) electrons. The Hall–Kier alpha value is -0.422. The van der Waals surface area contributed by atoms with Crippen LogP contribution in [-0.2, 0) is 21.1 Å². The fourth-order valence-electron chi connectivity index (χ4n) is 0.481. The fourth-order valence-corrected chi connectivity index (χ4v) is 0.481. The number of carbonyl (C=O) groups is 1. The van der Waals surface area contributed by atoms with Crippen molar-refractivity contribution in [3.05, 3.63) is 35.9 Å². The first-order valence-corrected chi connectivity index (χ1v) is 2.35. The molecule has 1 aromatic rings. The van der Waals surface area contributed by atoms with Gasteiger partial charge >= 0.3 is 0 Å². The van der Waals surface area contributed by atoms with Crippen molar-refractivity contribution < 1.29 is 25.9 Å². The molecule has 0 saturated carbocycles. The Morgan fingerprint density at radius 1 is 1.56 bits per heavy atom. The zero-order valence-corrected chi connectivity index (χ0v) is 7.64. The van der Waals surface area contributed by atoms with Crippen molar-refractivity contribution in [2.75, 3.05) is 0 Å². The Balaban J connectivity index is 0.000000640.